The first-order chi connectivity index (χ1) is 15.9. The zero-order valence-corrected chi connectivity index (χ0v) is 18.3. The Labute approximate surface area is 192 Å². The van der Waals surface area contributed by atoms with Gasteiger partial charge in [0.25, 0.3) is 5.91 Å². The molecule has 1 N–H and O–H groups in total. The average Bonchev–Trinajstić information content (AvgIpc) is 3.47. The van der Waals surface area contributed by atoms with E-state index in [1.807, 2.05) is 0 Å². The maximum Gasteiger partial charge on any atom is 0.339 e. The number of esters is 1. The Kier molecular flexibility index (Phi) is 6.41. The zero-order valence-electron chi connectivity index (χ0n) is 17.4. The van der Waals surface area contributed by atoms with Crippen LogP contribution >= 0.6 is 11.3 Å². The van der Waals surface area contributed by atoms with Gasteiger partial charge in [-0.25, -0.2) is 13.9 Å². The summed E-state index contributed by atoms with van der Waals surface area (Å²) >= 11 is 1.27. The summed E-state index contributed by atoms with van der Waals surface area (Å²) in [5, 5.41) is 8.71. The summed E-state index contributed by atoms with van der Waals surface area (Å²) in [5.41, 5.74) is 1.47. The second kappa shape index (κ2) is 9.58. The predicted molar refractivity (Wildman–Crippen MR) is 121 cm³/mol. The van der Waals surface area contributed by atoms with Gasteiger partial charge in [-0.15, -0.1) is 11.3 Å². The number of nitrogens with zero attached hydrogens (tertiary/aromatic N) is 2. The number of hydrogen-bond donors (Lipinski definition) is 1. The van der Waals surface area contributed by atoms with E-state index in [-0.39, 0.29) is 16.9 Å². The van der Waals surface area contributed by atoms with E-state index < -0.39 is 24.3 Å². The normalized spacial score (nSPS) is 10.6. The highest BCUT2D eigenvalue weighted by Gasteiger charge is 2.21. The number of aromatic nitrogens is 2. The van der Waals surface area contributed by atoms with Crippen molar-refractivity contribution in [2.75, 3.05) is 11.9 Å². The molecule has 0 saturated heterocycles. The van der Waals surface area contributed by atoms with Crippen LogP contribution in [0.15, 0.2) is 72.1 Å². The number of aryl methyl sites for hydroxylation is 1. The second-order valence-corrected chi connectivity index (χ2v) is 7.98. The number of thiophene rings is 1. The Balaban J connectivity index is 1.44. The van der Waals surface area contributed by atoms with E-state index in [1.165, 1.54) is 46.4 Å². The van der Waals surface area contributed by atoms with Crippen LogP contribution < -0.4 is 5.32 Å². The number of amides is 1. The third kappa shape index (κ3) is 5.04. The van der Waals surface area contributed by atoms with E-state index in [2.05, 4.69) is 10.4 Å². The van der Waals surface area contributed by atoms with Gasteiger partial charge in [-0.3, -0.25) is 9.59 Å². The highest BCUT2D eigenvalue weighted by Crippen LogP contribution is 2.20. The molecule has 0 aliphatic rings. The highest BCUT2D eigenvalue weighted by molar-refractivity contribution is 7.12. The topological polar surface area (TPSA) is 90.3 Å². The first-order valence-electron chi connectivity index (χ1n) is 9.89. The van der Waals surface area contributed by atoms with Crippen molar-refractivity contribution in [1.29, 1.82) is 0 Å². The van der Waals surface area contributed by atoms with Crippen LogP contribution in [-0.4, -0.2) is 34.0 Å². The van der Waals surface area contributed by atoms with Crippen molar-refractivity contribution in [3.63, 3.8) is 0 Å². The number of ether oxygens (including phenoxy) is 1. The number of nitrogens with one attached hydrogen (secondary N) is 1. The van der Waals surface area contributed by atoms with Gasteiger partial charge in [-0.2, -0.15) is 5.10 Å². The van der Waals surface area contributed by atoms with E-state index in [9.17, 15) is 18.8 Å². The lowest BCUT2D eigenvalue weighted by Crippen LogP contribution is -2.23. The van der Waals surface area contributed by atoms with Gasteiger partial charge in [0.15, 0.2) is 6.61 Å². The van der Waals surface area contributed by atoms with Gasteiger partial charge in [-0.05, 0) is 48.7 Å². The molecular weight excluding hydrogens is 445 g/mol. The second-order valence-electron chi connectivity index (χ2n) is 7.04. The summed E-state index contributed by atoms with van der Waals surface area (Å²) in [7, 11) is 0. The van der Waals surface area contributed by atoms with Crippen LogP contribution in [0.2, 0.25) is 0 Å². The quantitative estimate of drug-likeness (QED) is 0.324. The van der Waals surface area contributed by atoms with Crippen LogP contribution in [0.1, 0.15) is 31.3 Å². The molecule has 166 valence electrons. The van der Waals surface area contributed by atoms with E-state index in [1.54, 1.807) is 48.7 Å². The standard InChI is InChI=1S/C24H18FN3O4S/c1-15-13-21(28(27-15)17-10-8-16(25)9-11-17)26-22(29)14-32-24(31)19-6-3-2-5-18(19)23(30)20-7-4-12-33-20/h2-13H,14H2,1H3,(H,26,29). The van der Waals surface area contributed by atoms with Crippen LogP contribution in [0.5, 0.6) is 0 Å². The lowest BCUT2D eigenvalue weighted by molar-refractivity contribution is -0.119. The minimum absolute atomic E-state index is 0.0795. The van der Waals surface area contributed by atoms with Crippen LogP contribution in [0, 0.1) is 12.7 Å². The van der Waals surface area contributed by atoms with Crippen molar-refractivity contribution in [1.82, 2.24) is 9.78 Å². The summed E-state index contributed by atoms with van der Waals surface area (Å²) in [6.07, 6.45) is 0. The fraction of sp³-hybridized carbons (Fsp3) is 0.0833. The Morgan fingerprint density at radius 2 is 1.76 bits per heavy atom. The first kappa shape index (κ1) is 22.1. The van der Waals surface area contributed by atoms with E-state index in [0.717, 1.165) is 0 Å². The molecule has 0 atom stereocenters. The SMILES string of the molecule is Cc1cc(NC(=O)COC(=O)c2ccccc2C(=O)c2cccs2)n(-c2ccc(F)cc2)n1. The molecule has 4 rings (SSSR count). The summed E-state index contributed by atoms with van der Waals surface area (Å²) in [6, 6.07) is 17.0. The first-order valence-corrected chi connectivity index (χ1v) is 10.8. The number of hydrogen-bond acceptors (Lipinski definition) is 6. The Bertz CT molecular complexity index is 1310. The molecule has 9 heteroatoms. The van der Waals surface area contributed by atoms with Crippen molar-refractivity contribution in [2.24, 2.45) is 0 Å². The minimum atomic E-state index is -0.783. The predicted octanol–water partition coefficient (Wildman–Crippen LogP) is 4.41. The molecular formula is C24H18FN3O4S. The fourth-order valence-corrected chi connectivity index (χ4v) is 3.83. The van der Waals surface area contributed by atoms with Crippen molar-refractivity contribution in [2.45, 2.75) is 6.92 Å². The molecule has 1 amide bonds. The van der Waals surface area contributed by atoms with Crippen LogP contribution in [0.25, 0.3) is 5.69 Å². The smallest absolute Gasteiger partial charge is 0.339 e. The molecule has 0 unspecified atom stereocenters. The molecule has 4 aromatic rings. The van der Waals surface area contributed by atoms with Crippen LogP contribution in [0.3, 0.4) is 0 Å². The number of rotatable bonds is 7. The maximum absolute atomic E-state index is 13.2. The molecule has 0 aliphatic carbocycles. The Morgan fingerprint density at radius 3 is 2.45 bits per heavy atom. The lowest BCUT2D eigenvalue weighted by atomic mass is 10.0. The summed E-state index contributed by atoms with van der Waals surface area (Å²) < 4.78 is 19.8. The monoisotopic (exact) mass is 463 g/mol. The van der Waals surface area contributed by atoms with E-state index in [4.69, 9.17) is 4.74 Å². The number of benzene rings is 2. The van der Waals surface area contributed by atoms with Gasteiger partial charge >= 0.3 is 5.97 Å². The molecule has 0 bridgehead atoms. The molecule has 0 spiro atoms. The Hall–Kier alpha value is -4.11. The van der Waals surface area contributed by atoms with Crippen molar-refractivity contribution in [3.05, 3.63) is 99.6 Å². The largest absolute Gasteiger partial charge is 0.452 e. The molecule has 2 aromatic carbocycles. The average molecular weight is 463 g/mol. The third-order valence-corrected chi connectivity index (χ3v) is 5.51. The summed E-state index contributed by atoms with van der Waals surface area (Å²) in [6.45, 7) is 1.19. The minimum Gasteiger partial charge on any atom is -0.452 e. The summed E-state index contributed by atoms with van der Waals surface area (Å²) in [5.74, 6) is -1.71. The molecule has 0 aliphatic heterocycles. The van der Waals surface area contributed by atoms with Crippen molar-refractivity contribution < 1.29 is 23.5 Å². The fourth-order valence-electron chi connectivity index (χ4n) is 3.16. The number of anilines is 1. The zero-order chi connectivity index (χ0) is 23.4. The molecule has 2 aromatic heterocycles. The van der Waals surface area contributed by atoms with Gasteiger partial charge in [0.1, 0.15) is 11.6 Å². The molecule has 7 nitrogen and oxygen atoms in total. The third-order valence-electron chi connectivity index (χ3n) is 4.64. The maximum atomic E-state index is 13.2. The highest BCUT2D eigenvalue weighted by atomic mass is 32.1. The van der Waals surface area contributed by atoms with Gasteiger partial charge in [0.05, 0.1) is 21.8 Å². The number of carbonyl (C=O) groups is 3. The van der Waals surface area contributed by atoms with E-state index in [0.29, 0.717) is 22.1 Å². The van der Waals surface area contributed by atoms with Gasteiger partial charge in [-0.1, -0.05) is 24.3 Å². The molecule has 2 heterocycles. The van der Waals surface area contributed by atoms with Gasteiger partial charge in [0.2, 0.25) is 5.78 Å². The molecule has 0 saturated carbocycles. The summed E-state index contributed by atoms with van der Waals surface area (Å²) in [4.78, 5) is 38.3. The number of ketones is 1. The van der Waals surface area contributed by atoms with Gasteiger partial charge in [0, 0.05) is 11.6 Å². The lowest BCUT2D eigenvalue weighted by Gasteiger charge is -2.10. The molecule has 0 radical (unpaired) electrons. The van der Waals surface area contributed by atoms with Crippen LogP contribution in [-0.2, 0) is 9.53 Å². The van der Waals surface area contributed by atoms with Crippen molar-refractivity contribution in [3.8, 4) is 5.69 Å². The van der Waals surface area contributed by atoms with E-state index >= 15 is 0 Å². The molecule has 0 fully saturated rings. The Morgan fingerprint density at radius 1 is 1.03 bits per heavy atom. The molecule has 33 heavy (non-hydrogen) atoms. The number of carbonyl (C=O) groups excluding carboxylic acids is 3. The van der Waals surface area contributed by atoms with Crippen LogP contribution in [0.4, 0.5) is 10.2 Å². The van der Waals surface area contributed by atoms with Gasteiger partial charge < -0.3 is 10.1 Å². The van der Waals surface area contributed by atoms with Crippen molar-refractivity contribution >= 4 is 34.8 Å². The number of halogens is 1.